The van der Waals surface area contributed by atoms with Gasteiger partial charge >= 0.3 is 6.18 Å². The first kappa shape index (κ1) is 16.1. The van der Waals surface area contributed by atoms with E-state index in [1.165, 1.54) is 10.7 Å². The molecule has 1 aromatic carbocycles. The number of tetrazole rings is 1. The molecule has 0 bridgehead atoms. The molecule has 1 heterocycles. The molecule has 1 N–H and O–H groups in total. The molecular weight excluding hydrogens is 273 g/mol. The minimum Gasteiger partial charge on any atom is -0.392 e. The Labute approximate surface area is 114 Å². The van der Waals surface area contributed by atoms with E-state index in [9.17, 15) is 13.2 Å². The molecule has 0 saturated heterocycles. The van der Waals surface area contributed by atoms with Crippen LogP contribution in [0.4, 0.5) is 13.2 Å². The van der Waals surface area contributed by atoms with E-state index in [0.29, 0.717) is 5.82 Å². The summed E-state index contributed by atoms with van der Waals surface area (Å²) in [6.45, 7) is 5.08. The van der Waals surface area contributed by atoms with Crippen molar-refractivity contribution in [2.24, 2.45) is 0 Å². The molecule has 0 saturated carbocycles. The predicted molar refractivity (Wildman–Crippen MR) is 66.2 cm³/mol. The van der Waals surface area contributed by atoms with Crippen molar-refractivity contribution in [3.8, 4) is 5.69 Å². The van der Waals surface area contributed by atoms with E-state index < -0.39 is 18.3 Å². The fourth-order valence-electron chi connectivity index (χ4n) is 1.52. The van der Waals surface area contributed by atoms with Gasteiger partial charge in [-0.3, -0.25) is 0 Å². The number of aryl methyl sites for hydroxylation is 1. The number of rotatable bonds is 2. The fourth-order valence-corrected chi connectivity index (χ4v) is 1.52. The normalized spacial score (nSPS) is 10.9. The Kier molecular flexibility index (Phi) is 5.20. The van der Waals surface area contributed by atoms with Crippen molar-refractivity contribution in [3.63, 3.8) is 0 Å². The van der Waals surface area contributed by atoms with Gasteiger partial charge in [-0.25, -0.2) is 0 Å². The zero-order valence-electron chi connectivity index (χ0n) is 11.3. The van der Waals surface area contributed by atoms with Crippen molar-refractivity contribution < 1.29 is 18.3 Å². The highest BCUT2D eigenvalue weighted by atomic mass is 19.4. The Morgan fingerprint density at radius 3 is 2.30 bits per heavy atom. The number of hydrogen-bond acceptors (Lipinski definition) is 4. The molecule has 0 radical (unpaired) electrons. The molecule has 8 heteroatoms. The predicted octanol–water partition coefficient (Wildman–Crippen LogP) is 2.51. The summed E-state index contributed by atoms with van der Waals surface area (Å²) in [4.78, 5) is 0. The molecule has 1 aromatic heterocycles. The Bertz CT molecular complexity index is 566. The number of halogens is 3. The molecule has 2 rings (SSSR count). The molecule has 0 amide bonds. The Morgan fingerprint density at radius 1 is 1.20 bits per heavy atom. The molecule has 0 aliphatic heterocycles. The third kappa shape index (κ3) is 3.53. The summed E-state index contributed by atoms with van der Waals surface area (Å²) in [5.41, 5.74) is -0.537. The summed E-state index contributed by atoms with van der Waals surface area (Å²) >= 11 is 0. The molecule has 0 aliphatic rings. The van der Waals surface area contributed by atoms with Crippen molar-refractivity contribution in [2.75, 3.05) is 0 Å². The van der Waals surface area contributed by atoms with Gasteiger partial charge < -0.3 is 5.11 Å². The van der Waals surface area contributed by atoms with Gasteiger partial charge in [0.15, 0.2) is 5.82 Å². The van der Waals surface area contributed by atoms with Crippen molar-refractivity contribution in [3.05, 3.63) is 35.2 Å². The molecule has 0 fully saturated rings. The standard InChI is InChI=1S/C10H9F3N4O.C2H6/c1-6-14-15-16-17(6)9-3-7(5-18)2-8(4-9)10(11,12)13;1-2/h2-4,18H,5H2,1H3;1-2H3. The van der Waals surface area contributed by atoms with Crippen LogP contribution in [0.2, 0.25) is 0 Å². The monoisotopic (exact) mass is 288 g/mol. The summed E-state index contributed by atoms with van der Waals surface area (Å²) in [7, 11) is 0. The molecule has 0 unspecified atom stereocenters. The Morgan fingerprint density at radius 2 is 1.85 bits per heavy atom. The second kappa shape index (κ2) is 6.47. The number of alkyl halides is 3. The van der Waals surface area contributed by atoms with Crippen LogP contribution in [0, 0.1) is 6.92 Å². The highest BCUT2D eigenvalue weighted by molar-refractivity contribution is 5.40. The minimum absolute atomic E-state index is 0.148. The number of benzene rings is 1. The van der Waals surface area contributed by atoms with Crippen LogP contribution in [0.5, 0.6) is 0 Å². The average molecular weight is 288 g/mol. The highest BCUT2D eigenvalue weighted by Crippen LogP contribution is 2.31. The molecular formula is C12H15F3N4O. The molecule has 110 valence electrons. The molecule has 0 spiro atoms. The third-order valence-corrected chi connectivity index (χ3v) is 2.36. The molecule has 0 aliphatic carbocycles. The number of nitrogens with zero attached hydrogens (tertiary/aromatic N) is 4. The highest BCUT2D eigenvalue weighted by Gasteiger charge is 2.31. The third-order valence-electron chi connectivity index (χ3n) is 2.36. The maximum atomic E-state index is 12.7. The van der Waals surface area contributed by atoms with Crippen LogP contribution < -0.4 is 0 Å². The topological polar surface area (TPSA) is 63.8 Å². The summed E-state index contributed by atoms with van der Waals surface area (Å²) in [5.74, 6) is 0.359. The Hall–Kier alpha value is -1.96. The van der Waals surface area contributed by atoms with E-state index in [-0.39, 0.29) is 11.3 Å². The van der Waals surface area contributed by atoms with Gasteiger partial charge in [0.25, 0.3) is 0 Å². The zero-order chi connectivity index (χ0) is 15.3. The first-order valence-electron chi connectivity index (χ1n) is 5.99. The lowest BCUT2D eigenvalue weighted by atomic mass is 10.1. The van der Waals surface area contributed by atoms with E-state index in [2.05, 4.69) is 15.5 Å². The van der Waals surface area contributed by atoms with E-state index in [1.54, 1.807) is 6.92 Å². The van der Waals surface area contributed by atoms with Gasteiger partial charge in [-0.2, -0.15) is 17.9 Å². The van der Waals surface area contributed by atoms with Gasteiger partial charge in [-0.05, 0) is 41.1 Å². The molecule has 0 atom stereocenters. The van der Waals surface area contributed by atoms with Crippen LogP contribution in [-0.2, 0) is 12.8 Å². The van der Waals surface area contributed by atoms with Gasteiger partial charge in [0.1, 0.15) is 0 Å². The van der Waals surface area contributed by atoms with Crippen LogP contribution in [-0.4, -0.2) is 25.3 Å². The summed E-state index contributed by atoms with van der Waals surface area (Å²) in [6, 6.07) is 3.23. The van der Waals surface area contributed by atoms with Gasteiger partial charge in [0.05, 0.1) is 17.9 Å². The fraction of sp³-hybridized carbons (Fsp3) is 0.417. The largest absolute Gasteiger partial charge is 0.416 e. The van der Waals surface area contributed by atoms with E-state index in [1.807, 2.05) is 13.8 Å². The quantitative estimate of drug-likeness (QED) is 0.922. The summed E-state index contributed by atoms with van der Waals surface area (Å²) in [6.07, 6.45) is -4.48. The second-order valence-corrected chi connectivity index (χ2v) is 3.68. The van der Waals surface area contributed by atoms with Crippen molar-refractivity contribution >= 4 is 0 Å². The minimum atomic E-state index is -4.48. The van der Waals surface area contributed by atoms with Gasteiger partial charge in [0.2, 0.25) is 0 Å². The van der Waals surface area contributed by atoms with Crippen molar-refractivity contribution in [1.82, 2.24) is 20.2 Å². The van der Waals surface area contributed by atoms with Crippen LogP contribution >= 0.6 is 0 Å². The Balaban J connectivity index is 0.000000956. The molecule has 5 nitrogen and oxygen atoms in total. The molecule has 20 heavy (non-hydrogen) atoms. The summed E-state index contributed by atoms with van der Waals surface area (Å²) in [5, 5.41) is 19.5. The maximum Gasteiger partial charge on any atom is 0.416 e. The van der Waals surface area contributed by atoms with E-state index in [0.717, 1.165) is 12.1 Å². The smallest absolute Gasteiger partial charge is 0.392 e. The number of hydrogen-bond donors (Lipinski definition) is 1. The van der Waals surface area contributed by atoms with E-state index >= 15 is 0 Å². The lowest BCUT2D eigenvalue weighted by Gasteiger charge is -2.11. The van der Waals surface area contributed by atoms with E-state index in [4.69, 9.17) is 5.11 Å². The van der Waals surface area contributed by atoms with Crippen LogP contribution in [0.3, 0.4) is 0 Å². The number of aromatic nitrogens is 4. The van der Waals surface area contributed by atoms with Crippen LogP contribution in [0.1, 0.15) is 30.8 Å². The second-order valence-electron chi connectivity index (χ2n) is 3.68. The maximum absolute atomic E-state index is 12.7. The van der Waals surface area contributed by atoms with Gasteiger partial charge in [-0.1, -0.05) is 13.8 Å². The lowest BCUT2D eigenvalue weighted by Crippen LogP contribution is -2.09. The lowest BCUT2D eigenvalue weighted by molar-refractivity contribution is -0.137. The number of aliphatic hydroxyl groups excluding tert-OH is 1. The first-order chi connectivity index (χ1) is 9.41. The van der Waals surface area contributed by atoms with Crippen molar-refractivity contribution in [1.29, 1.82) is 0 Å². The zero-order valence-corrected chi connectivity index (χ0v) is 11.3. The van der Waals surface area contributed by atoms with Crippen LogP contribution in [0.25, 0.3) is 5.69 Å². The van der Waals surface area contributed by atoms with Gasteiger partial charge in [-0.15, -0.1) is 5.10 Å². The number of aliphatic hydroxyl groups is 1. The SMILES string of the molecule is CC.Cc1nnnn1-c1cc(CO)cc(C(F)(F)F)c1. The van der Waals surface area contributed by atoms with Gasteiger partial charge in [0, 0.05) is 0 Å². The summed E-state index contributed by atoms with van der Waals surface area (Å²) < 4.78 is 39.2. The van der Waals surface area contributed by atoms with Crippen molar-refractivity contribution in [2.45, 2.75) is 33.6 Å². The first-order valence-corrected chi connectivity index (χ1v) is 5.99. The molecule has 2 aromatic rings. The average Bonchev–Trinajstić information content (AvgIpc) is 2.86. The van der Waals surface area contributed by atoms with Crippen LogP contribution in [0.15, 0.2) is 18.2 Å².